The van der Waals surface area contributed by atoms with Crippen LogP contribution in [0.15, 0.2) is 23.1 Å². The molecule has 0 aliphatic heterocycles. The number of nitrogens with zero attached hydrogens (tertiary/aromatic N) is 2. The van der Waals surface area contributed by atoms with Gasteiger partial charge in [0.15, 0.2) is 5.82 Å². The molecule has 0 aliphatic rings. The second-order valence-corrected chi connectivity index (χ2v) is 6.38. The zero-order valence-electron chi connectivity index (χ0n) is 14.4. The number of aromatic nitrogens is 2. The minimum Gasteiger partial charge on any atom is -0.335 e. The number of benzene rings is 1. The van der Waals surface area contributed by atoms with Crippen molar-refractivity contribution < 1.29 is 0 Å². The molecule has 1 aromatic carbocycles. The van der Waals surface area contributed by atoms with Gasteiger partial charge in [0.25, 0.3) is 5.56 Å². The number of hydrogen-bond donors (Lipinski definition) is 1. The van der Waals surface area contributed by atoms with Crippen molar-refractivity contribution in [2.45, 2.75) is 53.5 Å². The summed E-state index contributed by atoms with van der Waals surface area (Å²) >= 11 is 6.14. The zero-order valence-corrected chi connectivity index (χ0v) is 15.2. The first-order chi connectivity index (χ1) is 10.9. The van der Waals surface area contributed by atoms with Crippen molar-refractivity contribution in [1.82, 2.24) is 9.55 Å². The van der Waals surface area contributed by atoms with E-state index in [4.69, 9.17) is 11.6 Å². The van der Waals surface area contributed by atoms with Gasteiger partial charge in [0, 0.05) is 17.9 Å². The molecule has 1 N–H and O–H groups in total. The lowest BCUT2D eigenvalue weighted by molar-refractivity contribution is 0.457. The summed E-state index contributed by atoms with van der Waals surface area (Å²) in [4.78, 5) is 17.0. The van der Waals surface area contributed by atoms with Crippen LogP contribution in [-0.2, 0) is 0 Å². The summed E-state index contributed by atoms with van der Waals surface area (Å²) in [5, 5.41) is 3.51. The maximum atomic E-state index is 12.8. The molecule has 4 nitrogen and oxygen atoms in total. The Kier molecular flexibility index (Phi) is 5.47. The number of aryl methyl sites for hydroxylation is 3. The molecule has 2 rings (SSSR count). The molecule has 124 valence electrons. The van der Waals surface area contributed by atoms with E-state index in [1.165, 1.54) is 5.56 Å². The van der Waals surface area contributed by atoms with Gasteiger partial charge in [-0.1, -0.05) is 43.1 Å². The smallest absolute Gasteiger partial charge is 0.294 e. The van der Waals surface area contributed by atoms with Gasteiger partial charge in [-0.25, -0.2) is 4.98 Å². The largest absolute Gasteiger partial charge is 0.335 e. The summed E-state index contributed by atoms with van der Waals surface area (Å²) < 4.78 is 1.69. The van der Waals surface area contributed by atoms with E-state index in [1.54, 1.807) is 10.8 Å². The summed E-state index contributed by atoms with van der Waals surface area (Å²) in [6.07, 6.45) is 3.37. The monoisotopic (exact) mass is 333 g/mol. The topological polar surface area (TPSA) is 46.9 Å². The molecule has 0 atom stereocenters. The first-order valence-corrected chi connectivity index (χ1v) is 8.38. The molecule has 0 saturated carbocycles. The minimum atomic E-state index is -0.137. The standard InChI is InChI=1S/C18H24ClN3O/c1-6-14(7-2)22-10-15(19)20-17(18(22)23)21-16-12(4)8-11(3)9-13(16)5/h8-10,14H,6-7H2,1-5H3,(H,20,21). The van der Waals surface area contributed by atoms with Gasteiger partial charge in [-0.05, 0) is 44.7 Å². The summed E-state index contributed by atoms with van der Waals surface area (Å²) in [5.41, 5.74) is 4.13. The zero-order chi connectivity index (χ0) is 17.1. The highest BCUT2D eigenvalue weighted by Crippen LogP contribution is 2.25. The number of hydrogen-bond acceptors (Lipinski definition) is 3. The summed E-state index contributed by atoms with van der Waals surface area (Å²) in [6.45, 7) is 10.2. The summed E-state index contributed by atoms with van der Waals surface area (Å²) in [7, 11) is 0. The van der Waals surface area contributed by atoms with E-state index in [2.05, 4.69) is 43.2 Å². The molecule has 0 unspecified atom stereocenters. The fourth-order valence-electron chi connectivity index (χ4n) is 3.01. The lowest BCUT2D eigenvalue weighted by Crippen LogP contribution is -2.27. The van der Waals surface area contributed by atoms with Crippen molar-refractivity contribution >= 4 is 23.1 Å². The van der Waals surface area contributed by atoms with Crippen LogP contribution in [0.3, 0.4) is 0 Å². The van der Waals surface area contributed by atoms with Crippen molar-refractivity contribution in [2.24, 2.45) is 0 Å². The van der Waals surface area contributed by atoms with E-state index in [1.807, 2.05) is 13.8 Å². The van der Waals surface area contributed by atoms with Crippen LogP contribution in [0.4, 0.5) is 11.5 Å². The van der Waals surface area contributed by atoms with Crippen LogP contribution in [0.25, 0.3) is 0 Å². The molecule has 5 heteroatoms. The molecule has 0 radical (unpaired) electrons. The number of anilines is 2. The van der Waals surface area contributed by atoms with Gasteiger partial charge in [-0.15, -0.1) is 0 Å². The molecule has 2 aromatic rings. The van der Waals surface area contributed by atoms with Crippen molar-refractivity contribution in [3.05, 3.63) is 50.5 Å². The first kappa shape index (κ1) is 17.5. The molecular weight excluding hydrogens is 310 g/mol. The minimum absolute atomic E-state index is 0.128. The van der Waals surface area contributed by atoms with Crippen LogP contribution in [0.2, 0.25) is 5.15 Å². The molecule has 0 aliphatic carbocycles. The third-order valence-electron chi connectivity index (χ3n) is 4.16. The van der Waals surface area contributed by atoms with Gasteiger partial charge in [0.2, 0.25) is 0 Å². The van der Waals surface area contributed by atoms with E-state index in [0.717, 1.165) is 29.7 Å². The van der Waals surface area contributed by atoms with Crippen LogP contribution >= 0.6 is 11.6 Å². The van der Waals surface area contributed by atoms with Crippen molar-refractivity contribution in [2.75, 3.05) is 5.32 Å². The van der Waals surface area contributed by atoms with Gasteiger partial charge in [0.1, 0.15) is 5.15 Å². The Morgan fingerprint density at radius 1 is 1.17 bits per heavy atom. The van der Waals surface area contributed by atoms with E-state index in [0.29, 0.717) is 5.15 Å². The van der Waals surface area contributed by atoms with E-state index in [-0.39, 0.29) is 17.4 Å². The molecule has 23 heavy (non-hydrogen) atoms. The van der Waals surface area contributed by atoms with Gasteiger partial charge >= 0.3 is 0 Å². The average Bonchev–Trinajstić information content (AvgIpc) is 2.48. The van der Waals surface area contributed by atoms with Crippen LogP contribution in [0.1, 0.15) is 49.4 Å². The number of nitrogens with one attached hydrogen (secondary N) is 1. The predicted molar refractivity (Wildman–Crippen MR) is 97.1 cm³/mol. The van der Waals surface area contributed by atoms with E-state index in [9.17, 15) is 4.79 Å². The van der Waals surface area contributed by atoms with Crippen LogP contribution in [-0.4, -0.2) is 9.55 Å². The second kappa shape index (κ2) is 7.18. The molecule has 0 spiro atoms. The van der Waals surface area contributed by atoms with Gasteiger partial charge in [-0.2, -0.15) is 0 Å². The maximum Gasteiger partial charge on any atom is 0.294 e. The number of halogens is 1. The quantitative estimate of drug-likeness (QED) is 0.844. The molecule has 0 amide bonds. The predicted octanol–water partition coefficient (Wildman–Crippen LogP) is 4.93. The highest BCUT2D eigenvalue weighted by molar-refractivity contribution is 6.29. The number of rotatable bonds is 5. The van der Waals surface area contributed by atoms with Crippen molar-refractivity contribution in [3.63, 3.8) is 0 Å². The Bertz CT molecular complexity index is 740. The van der Waals surface area contributed by atoms with Crippen LogP contribution in [0.5, 0.6) is 0 Å². The Hall–Kier alpha value is -1.81. The molecule has 0 bridgehead atoms. The van der Waals surface area contributed by atoms with Crippen molar-refractivity contribution in [3.8, 4) is 0 Å². The molecule has 0 saturated heterocycles. The highest BCUT2D eigenvalue weighted by atomic mass is 35.5. The Labute approximate surface area is 142 Å². The SMILES string of the molecule is CCC(CC)n1cc(Cl)nc(Nc2c(C)cc(C)cc2C)c1=O. The fraction of sp³-hybridized carbons (Fsp3) is 0.444. The van der Waals surface area contributed by atoms with Gasteiger partial charge < -0.3 is 9.88 Å². The highest BCUT2D eigenvalue weighted by Gasteiger charge is 2.15. The first-order valence-electron chi connectivity index (χ1n) is 8.00. The average molecular weight is 334 g/mol. The Morgan fingerprint density at radius 3 is 2.26 bits per heavy atom. The lowest BCUT2D eigenvalue weighted by atomic mass is 10.1. The Morgan fingerprint density at radius 2 is 1.74 bits per heavy atom. The third-order valence-corrected chi connectivity index (χ3v) is 4.34. The molecule has 0 fully saturated rings. The van der Waals surface area contributed by atoms with Crippen molar-refractivity contribution in [1.29, 1.82) is 0 Å². The van der Waals surface area contributed by atoms with Gasteiger partial charge in [0.05, 0.1) is 0 Å². The summed E-state index contributed by atoms with van der Waals surface area (Å²) in [6, 6.07) is 4.29. The molecule has 1 aromatic heterocycles. The second-order valence-electron chi connectivity index (χ2n) is 5.99. The Balaban J connectivity index is 2.51. The molecule has 1 heterocycles. The van der Waals surface area contributed by atoms with Crippen LogP contribution < -0.4 is 10.9 Å². The van der Waals surface area contributed by atoms with Crippen LogP contribution in [0, 0.1) is 20.8 Å². The normalized spacial score (nSPS) is 11.1. The fourth-order valence-corrected chi connectivity index (χ4v) is 3.20. The van der Waals surface area contributed by atoms with Gasteiger partial charge in [-0.3, -0.25) is 4.79 Å². The summed E-state index contributed by atoms with van der Waals surface area (Å²) in [5.74, 6) is 0.277. The molecular formula is C18H24ClN3O. The third kappa shape index (κ3) is 3.75. The van der Waals surface area contributed by atoms with E-state index >= 15 is 0 Å². The maximum absolute atomic E-state index is 12.8. The lowest BCUT2D eigenvalue weighted by Gasteiger charge is -2.19. The van der Waals surface area contributed by atoms with E-state index < -0.39 is 0 Å².